The summed E-state index contributed by atoms with van der Waals surface area (Å²) in [5.74, 6) is -2.01. The van der Waals surface area contributed by atoms with E-state index in [1.54, 1.807) is 30.7 Å². The zero-order valence-corrected chi connectivity index (χ0v) is 28.2. The van der Waals surface area contributed by atoms with Crippen LogP contribution in [0.15, 0.2) is 48.7 Å². The Kier molecular flexibility index (Phi) is 9.76. The number of amides is 4. The summed E-state index contributed by atoms with van der Waals surface area (Å²) in [5, 5.41) is 37.6. The van der Waals surface area contributed by atoms with Gasteiger partial charge in [-0.2, -0.15) is 0 Å². The van der Waals surface area contributed by atoms with E-state index in [1.165, 1.54) is 11.1 Å². The van der Waals surface area contributed by atoms with Gasteiger partial charge >= 0.3 is 0 Å². The second kappa shape index (κ2) is 13.9. The molecule has 1 aromatic heterocycles. The van der Waals surface area contributed by atoms with Crippen LogP contribution in [0.25, 0.3) is 10.8 Å². The van der Waals surface area contributed by atoms with Crippen LogP contribution in [-0.2, 0) is 20.0 Å². The van der Waals surface area contributed by atoms with Crippen molar-refractivity contribution >= 4 is 34.4 Å². The van der Waals surface area contributed by atoms with Crippen LogP contribution in [0.3, 0.4) is 0 Å². The summed E-state index contributed by atoms with van der Waals surface area (Å²) in [4.78, 5) is 56.1. The molecular weight excluding hydrogens is 626 g/mol. The molecule has 6 rings (SSSR count). The normalized spacial score (nSPS) is 22.2. The maximum atomic E-state index is 14.7. The number of carbonyl (C=O) groups excluding carboxylic acids is 4. The highest BCUT2D eigenvalue weighted by Crippen LogP contribution is 2.38. The maximum Gasteiger partial charge on any atom is 0.251 e. The van der Waals surface area contributed by atoms with Crippen LogP contribution >= 0.6 is 0 Å². The number of fused-ring (bicyclic) bond motifs is 1. The molecule has 49 heavy (non-hydrogen) atoms. The fraction of sp³-hybridized carbons (Fsp3) is 0.556. The van der Waals surface area contributed by atoms with Crippen molar-refractivity contribution in [3.63, 3.8) is 0 Å². The van der Waals surface area contributed by atoms with Crippen molar-refractivity contribution in [2.45, 2.75) is 113 Å². The molecule has 2 unspecified atom stereocenters. The maximum absolute atomic E-state index is 14.7. The molecule has 6 N–H and O–H groups in total. The molecule has 2 aromatic carbocycles. The van der Waals surface area contributed by atoms with Crippen molar-refractivity contribution in [1.82, 2.24) is 30.5 Å². The molecule has 13 heteroatoms. The van der Waals surface area contributed by atoms with Gasteiger partial charge in [-0.3, -0.25) is 19.2 Å². The van der Waals surface area contributed by atoms with E-state index < -0.39 is 53.1 Å². The fourth-order valence-corrected chi connectivity index (χ4v) is 7.81. The smallest absolute Gasteiger partial charge is 0.251 e. The van der Waals surface area contributed by atoms with E-state index in [-0.39, 0.29) is 24.8 Å². The van der Waals surface area contributed by atoms with Crippen molar-refractivity contribution in [3.8, 4) is 0 Å². The zero-order valence-electron chi connectivity index (χ0n) is 28.2. The van der Waals surface area contributed by atoms with Crippen LogP contribution < -0.4 is 16.4 Å². The van der Waals surface area contributed by atoms with Crippen molar-refractivity contribution in [3.05, 3.63) is 59.9 Å². The first kappa shape index (κ1) is 34.5. The van der Waals surface area contributed by atoms with E-state index in [0.717, 1.165) is 42.9 Å². The summed E-state index contributed by atoms with van der Waals surface area (Å²) in [7, 11) is 0. The van der Waals surface area contributed by atoms with Gasteiger partial charge in [0.2, 0.25) is 17.7 Å². The number of aliphatic hydroxyl groups is 2. The quantitative estimate of drug-likeness (QED) is 0.205. The lowest BCUT2D eigenvalue weighted by molar-refractivity contribution is -0.144. The first-order valence-corrected chi connectivity index (χ1v) is 17.4. The molecule has 13 nitrogen and oxygen atoms in total. The molecule has 3 aromatic rings. The summed E-state index contributed by atoms with van der Waals surface area (Å²) in [6.45, 7) is 3.29. The third-order valence-electron chi connectivity index (χ3n) is 10.7. The number of rotatable bonds is 11. The lowest BCUT2D eigenvalue weighted by Crippen LogP contribution is -2.67. The summed E-state index contributed by atoms with van der Waals surface area (Å²) >= 11 is 0. The minimum Gasteiger partial charge on any atom is -0.384 e. The number of aromatic nitrogens is 3. The SMILES string of the molecule is CC(C)(O)c1cnnn1[C@H]1C[C@@H](C(=O)NC2(C(O)C(N)=O)CCC2)N(C(=O)C(CC2CCCCC2)NC(=O)c2ccc3ccccc3c2)C1. The van der Waals surface area contributed by atoms with Gasteiger partial charge in [-0.15, -0.1) is 5.10 Å². The van der Waals surface area contributed by atoms with Crippen molar-refractivity contribution in [2.75, 3.05) is 6.54 Å². The second-order valence-electron chi connectivity index (χ2n) is 14.7. The zero-order chi connectivity index (χ0) is 34.9. The number of aliphatic hydroxyl groups excluding tert-OH is 1. The lowest BCUT2D eigenvalue weighted by Gasteiger charge is -2.45. The molecule has 262 valence electrons. The van der Waals surface area contributed by atoms with Crippen LogP contribution in [0.1, 0.15) is 100 Å². The summed E-state index contributed by atoms with van der Waals surface area (Å²) in [6.07, 6.45) is 7.01. The minimum atomic E-state index is -1.58. The van der Waals surface area contributed by atoms with E-state index in [1.807, 2.05) is 30.3 Å². The van der Waals surface area contributed by atoms with Crippen LogP contribution in [0.4, 0.5) is 0 Å². The molecule has 3 aliphatic rings. The number of carbonyl (C=O) groups is 4. The highest BCUT2D eigenvalue weighted by atomic mass is 16.3. The van der Waals surface area contributed by atoms with Gasteiger partial charge in [0.1, 0.15) is 17.7 Å². The number of likely N-dealkylation sites (tertiary alicyclic amines) is 1. The molecule has 2 heterocycles. The highest BCUT2D eigenvalue weighted by Gasteiger charge is 2.51. The number of hydrogen-bond donors (Lipinski definition) is 5. The number of nitrogens with zero attached hydrogens (tertiary/aromatic N) is 4. The minimum absolute atomic E-state index is 0.0712. The van der Waals surface area contributed by atoms with Gasteiger partial charge in [0.25, 0.3) is 5.91 Å². The fourth-order valence-electron chi connectivity index (χ4n) is 7.81. The topological polar surface area (TPSA) is 193 Å². The van der Waals surface area contributed by atoms with Crippen LogP contribution in [0, 0.1) is 5.92 Å². The summed E-state index contributed by atoms with van der Waals surface area (Å²) < 4.78 is 1.55. The second-order valence-corrected chi connectivity index (χ2v) is 14.7. The van der Waals surface area contributed by atoms with E-state index in [4.69, 9.17) is 5.73 Å². The van der Waals surface area contributed by atoms with Gasteiger partial charge in [0.05, 0.1) is 23.5 Å². The van der Waals surface area contributed by atoms with Gasteiger partial charge in [0, 0.05) is 18.5 Å². The third-order valence-corrected chi connectivity index (χ3v) is 10.7. The molecule has 1 saturated heterocycles. The molecule has 2 aliphatic carbocycles. The molecule has 4 amide bonds. The van der Waals surface area contributed by atoms with Crippen LogP contribution in [0.5, 0.6) is 0 Å². The molecule has 0 spiro atoms. The average Bonchev–Trinajstić information content (AvgIpc) is 3.74. The van der Waals surface area contributed by atoms with E-state index >= 15 is 0 Å². The van der Waals surface area contributed by atoms with E-state index in [0.29, 0.717) is 36.9 Å². The molecule has 0 radical (unpaired) electrons. The molecular formula is C36H47N7O6. The standard InChI is InChI=1S/C36H47N7O6/c1-35(2,49)29-20-38-41-43(29)26-19-28(33(47)40-36(15-8-16-36)30(44)31(37)45)42(21-26)34(48)27(17-22-9-4-3-5-10-22)39-32(46)25-14-13-23-11-6-7-12-24(23)18-25/h6-7,11-14,18,20,22,26-28,30,44,49H,3-5,8-10,15-17,19,21H2,1-2H3,(H2,37,45)(H,39,46)(H,40,47)/t26-,27?,28-,30?/m0/s1. The molecule has 1 aliphatic heterocycles. The number of hydrogen-bond acceptors (Lipinski definition) is 8. The molecule has 3 fully saturated rings. The van der Waals surface area contributed by atoms with E-state index in [9.17, 15) is 29.4 Å². The van der Waals surface area contributed by atoms with Crippen molar-refractivity contribution in [2.24, 2.45) is 11.7 Å². The van der Waals surface area contributed by atoms with Gasteiger partial charge < -0.3 is 31.5 Å². The first-order valence-electron chi connectivity index (χ1n) is 17.4. The van der Waals surface area contributed by atoms with E-state index in [2.05, 4.69) is 20.9 Å². The van der Waals surface area contributed by atoms with Crippen LogP contribution in [0.2, 0.25) is 0 Å². The Morgan fingerprint density at radius 1 is 1.04 bits per heavy atom. The Labute approximate surface area is 285 Å². The Morgan fingerprint density at radius 3 is 2.41 bits per heavy atom. The summed E-state index contributed by atoms with van der Waals surface area (Å²) in [5.41, 5.74) is 3.79. The number of nitrogens with one attached hydrogen (secondary N) is 2. The van der Waals surface area contributed by atoms with Gasteiger partial charge in [-0.05, 0) is 68.4 Å². The Hall–Kier alpha value is -4.36. The predicted octanol–water partition coefficient (Wildman–Crippen LogP) is 2.45. The van der Waals surface area contributed by atoms with Crippen molar-refractivity contribution in [1.29, 1.82) is 0 Å². The average molecular weight is 674 g/mol. The number of benzene rings is 2. The first-order chi connectivity index (χ1) is 23.4. The monoisotopic (exact) mass is 673 g/mol. The predicted molar refractivity (Wildman–Crippen MR) is 181 cm³/mol. The molecule has 4 atom stereocenters. The Morgan fingerprint density at radius 2 is 1.76 bits per heavy atom. The third kappa shape index (κ3) is 7.18. The van der Waals surface area contributed by atoms with Crippen molar-refractivity contribution < 1.29 is 29.4 Å². The highest BCUT2D eigenvalue weighted by molar-refractivity contribution is 6.01. The van der Waals surface area contributed by atoms with Gasteiger partial charge in [0.15, 0.2) is 6.10 Å². The van der Waals surface area contributed by atoms with Crippen LogP contribution in [-0.4, -0.2) is 84.0 Å². The van der Waals surface area contributed by atoms with Gasteiger partial charge in [-0.1, -0.05) is 67.6 Å². The largest absolute Gasteiger partial charge is 0.384 e. The lowest BCUT2D eigenvalue weighted by atomic mass is 9.72. The molecule has 2 saturated carbocycles. The number of primary amides is 1. The Bertz CT molecular complexity index is 1710. The van der Waals surface area contributed by atoms with Gasteiger partial charge in [-0.25, -0.2) is 4.68 Å². The molecule has 0 bridgehead atoms. The Balaban J connectivity index is 1.31. The number of nitrogens with two attached hydrogens (primary N) is 1. The summed E-state index contributed by atoms with van der Waals surface area (Å²) in [6, 6.07) is 10.7.